The van der Waals surface area contributed by atoms with E-state index in [0.717, 1.165) is 31.8 Å². The van der Waals surface area contributed by atoms with Crippen molar-refractivity contribution in [2.75, 3.05) is 40.6 Å². The summed E-state index contributed by atoms with van der Waals surface area (Å²) in [6.07, 6.45) is 4.46. The predicted molar refractivity (Wildman–Crippen MR) is 84.0 cm³/mol. The van der Waals surface area contributed by atoms with Crippen LogP contribution in [-0.4, -0.2) is 40.6 Å². The lowest BCUT2D eigenvalue weighted by atomic mass is 9.87. The standard InChI is InChI=1S/C17H27NO3/c1-18-16-8-3-7-15-14(16)6-4-9-17(15)21-13-12-20-11-5-10-19-2/h4,6,9,16,18H,3,5,7-8,10-13H2,1-2H3. The van der Waals surface area contributed by atoms with Gasteiger partial charge in [0.1, 0.15) is 12.4 Å². The third-order valence-corrected chi connectivity index (χ3v) is 3.94. The molecule has 21 heavy (non-hydrogen) atoms. The molecule has 0 heterocycles. The Morgan fingerprint density at radius 2 is 2.10 bits per heavy atom. The summed E-state index contributed by atoms with van der Waals surface area (Å²) < 4.78 is 16.4. The Morgan fingerprint density at radius 3 is 2.90 bits per heavy atom. The lowest BCUT2D eigenvalue weighted by Crippen LogP contribution is -2.22. The summed E-state index contributed by atoms with van der Waals surface area (Å²) in [4.78, 5) is 0. The number of nitrogens with one attached hydrogen (secondary N) is 1. The molecule has 0 aromatic heterocycles. The largest absolute Gasteiger partial charge is 0.491 e. The number of hydrogen-bond donors (Lipinski definition) is 1. The second-order valence-electron chi connectivity index (χ2n) is 5.36. The van der Waals surface area contributed by atoms with Gasteiger partial charge >= 0.3 is 0 Å². The maximum absolute atomic E-state index is 5.92. The van der Waals surface area contributed by atoms with Crippen molar-refractivity contribution in [3.63, 3.8) is 0 Å². The van der Waals surface area contributed by atoms with Gasteiger partial charge in [0.15, 0.2) is 0 Å². The molecule has 2 rings (SSSR count). The Bertz CT molecular complexity index is 422. The first-order valence-electron chi connectivity index (χ1n) is 7.85. The molecule has 1 aliphatic carbocycles. The highest BCUT2D eigenvalue weighted by atomic mass is 16.5. The van der Waals surface area contributed by atoms with Crippen LogP contribution in [0.3, 0.4) is 0 Å². The van der Waals surface area contributed by atoms with E-state index >= 15 is 0 Å². The fourth-order valence-electron chi connectivity index (χ4n) is 2.87. The molecular weight excluding hydrogens is 266 g/mol. The molecule has 0 radical (unpaired) electrons. The average Bonchev–Trinajstić information content (AvgIpc) is 2.53. The van der Waals surface area contributed by atoms with Crippen LogP contribution in [0.4, 0.5) is 0 Å². The van der Waals surface area contributed by atoms with Gasteiger partial charge in [-0.1, -0.05) is 12.1 Å². The molecule has 1 N–H and O–H groups in total. The summed E-state index contributed by atoms with van der Waals surface area (Å²) in [5, 5.41) is 3.39. The van der Waals surface area contributed by atoms with Crippen molar-refractivity contribution < 1.29 is 14.2 Å². The van der Waals surface area contributed by atoms with Crippen LogP contribution < -0.4 is 10.1 Å². The third kappa shape index (κ3) is 4.70. The number of hydrogen-bond acceptors (Lipinski definition) is 4. The van der Waals surface area contributed by atoms with Gasteiger partial charge in [-0.3, -0.25) is 0 Å². The lowest BCUT2D eigenvalue weighted by Gasteiger charge is -2.26. The molecule has 0 bridgehead atoms. The SMILES string of the molecule is CNC1CCCc2c(OCCOCCCOC)cccc21. The third-order valence-electron chi connectivity index (χ3n) is 3.94. The van der Waals surface area contributed by atoms with Crippen LogP contribution in [0.2, 0.25) is 0 Å². The number of ether oxygens (including phenoxy) is 3. The van der Waals surface area contributed by atoms with Gasteiger partial charge in [0.25, 0.3) is 0 Å². The van der Waals surface area contributed by atoms with E-state index in [0.29, 0.717) is 19.3 Å². The van der Waals surface area contributed by atoms with Gasteiger partial charge in [-0.15, -0.1) is 0 Å². The normalized spacial score (nSPS) is 17.5. The molecule has 1 aromatic carbocycles. The molecule has 118 valence electrons. The van der Waals surface area contributed by atoms with E-state index in [-0.39, 0.29) is 0 Å². The van der Waals surface area contributed by atoms with E-state index in [9.17, 15) is 0 Å². The smallest absolute Gasteiger partial charge is 0.122 e. The minimum Gasteiger partial charge on any atom is -0.491 e. The first kappa shape index (κ1) is 16.3. The van der Waals surface area contributed by atoms with Gasteiger partial charge < -0.3 is 19.5 Å². The molecule has 4 nitrogen and oxygen atoms in total. The van der Waals surface area contributed by atoms with E-state index in [1.807, 2.05) is 7.05 Å². The zero-order valence-corrected chi connectivity index (χ0v) is 13.2. The molecule has 0 amide bonds. The summed E-state index contributed by atoms with van der Waals surface area (Å²) in [5.74, 6) is 1.02. The first-order chi connectivity index (χ1) is 10.4. The van der Waals surface area contributed by atoms with Gasteiger partial charge in [0, 0.05) is 26.4 Å². The summed E-state index contributed by atoms with van der Waals surface area (Å²) >= 11 is 0. The van der Waals surface area contributed by atoms with Crippen LogP contribution in [0.5, 0.6) is 5.75 Å². The van der Waals surface area contributed by atoms with Crippen molar-refractivity contribution in [2.24, 2.45) is 0 Å². The number of rotatable bonds is 9. The first-order valence-corrected chi connectivity index (χ1v) is 7.85. The van der Waals surface area contributed by atoms with Gasteiger partial charge in [-0.2, -0.15) is 0 Å². The van der Waals surface area contributed by atoms with Crippen molar-refractivity contribution in [3.05, 3.63) is 29.3 Å². The maximum atomic E-state index is 5.92. The van der Waals surface area contributed by atoms with E-state index in [4.69, 9.17) is 14.2 Å². The molecule has 0 spiro atoms. The maximum Gasteiger partial charge on any atom is 0.122 e. The minimum atomic E-state index is 0.461. The van der Waals surface area contributed by atoms with Crippen LogP contribution >= 0.6 is 0 Å². The summed E-state index contributed by atoms with van der Waals surface area (Å²) in [7, 11) is 3.74. The zero-order chi connectivity index (χ0) is 14.9. The van der Waals surface area contributed by atoms with Crippen molar-refractivity contribution >= 4 is 0 Å². The van der Waals surface area contributed by atoms with Crippen LogP contribution in [0.15, 0.2) is 18.2 Å². The number of benzene rings is 1. The molecule has 4 heteroatoms. The molecule has 1 unspecified atom stereocenters. The van der Waals surface area contributed by atoms with Gasteiger partial charge in [-0.05, 0) is 49.9 Å². The Morgan fingerprint density at radius 1 is 1.19 bits per heavy atom. The van der Waals surface area contributed by atoms with E-state index in [1.165, 1.54) is 24.0 Å². The highest BCUT2D eigenvalue weighted by Crippen LogP contribution is 2.35. The summed E-state index contributed by atoms with van der Waals surface area (Å²) in [6.45, 7) is 2.71. The Labute approximate surface area is 127 Å². The monoisotopic (exact) mass is 293 g/mol. The number of methoxy groups -OCH3 is 1. The van der Waals surface area contributed by atoms with E-state index in [1.54, 1.807) is 7.11 Å². The lowest BCUT2D eigenvalue weighted by molar-refractivity contribution is 0.0803. The second kappa shape index (κ2) is 9.03. The molecular formula is C17H27NO3. The predicted octanol–water partition coefficient (Wildman–Crippen LogP) is 2.72. The molecule has 1 aliphatic rings. The second-order valence-corrected chi connectivity index (χ2v) is 5.36. The molecule has 0 aliphatic heterocycles. The van der Waals surface area contributed by atoms with Gasteiger partial charge in [0.2, 0.25) is 0 Å². The highest BCUT2D eigenvalue weighted by molar-refractivity contribution is 5.43. The Kier molecular flexibility index (Phi) is 7.00. The van der Waals surface area contributed by atoms with Crippen LogP contribution in [-0.2, 0) is 15.9 Å². The molecule has 1 aromatic rings. The van der Waals surface area contributed by atoms with Crippen molar-refractivity contribution in [1.29, 1.82) is 0 Å². The van der Waals surface area contributed by atoms with E-state index in [2.05, 4.69) is 23.5 Å². The molecule has 0 saturated heterocycles. The summed E-state index contributed by atoms with van der Waals surface area (Å²) in [6, 6.07) is 6.83. The average molecular weight is 293 g/mol. The van der Waals surface area contributed by atoms with Crippen molar-refractivity contribution in [2.45, 2.75) is 31.7 Å². The van der Waals surface area contributed by atoms with E-state index < -0.39 is 0 Å². The van der Waals surface area contributed by atoms with Crippen molar-refractivity contribution in [3.8, 4) is 5.75 Å². The Hall–Kier alpha value is -1.10. The quantitative estimate of drug-likeness (QED) is 0.711. The van der Waals surface area contributed by atoms with Gasteiger partial charge in [-0.25, -0.2) is 0 Å². The van der Waals surface area contributed by atoms with Crippen LogP contribution in [0.25, 0.3) is 0 Å². The van der Waals surface area contributed by atoms with Gasteiger partial charge in [0.05, 0.1) is 6.61 Å². The highest BCUT2D eigenvalue weighted by Gasteiger charge is 2.21. The molecule has 0 saturated carbocycles. The summed E-state index contributed by atoms with van der Waals surface area (Å²) in [5.41, 5.74) is 2.75. The minimum absolute atomic E-state index is 0.461. The Balaban J connectivity index is 1.81. The van der Waals surface area contributed by atoms with Crippen LogP contribution in [0.1, 0.15) is 36.4 Å². The fourth-order valence-corrected chi connectivity index (χ4v) is 2.87. The number of fused-ring (bicyclic) bond motifs is 1. The molecule has 1 atom stereocenters. The molecule has 0 fully saturated rings. The topological polar surface area (TPSA) is 39.7 Å². The zero-order valence-electron chi connectivity index (χ0n) is 13.2. The van der Waals surface area contributed by atoms with Crippen LogP contribution in [0, 0.1) is 0 Å². The fraction of sp³-hybridized carbons (Fsp3) is 0.647. The van der Waals surface area contributed by atoms with Crippen molar-refractivity contribution in [1.82, 2.24) is 5.32 Å².